The van der Waals surface area contributed by atoms with E-state index in [1.165, 1.54) is 0 Å². The molecule has 1 fully saturated rings. The lowest BCUT2D eigenvalue weighted by atomic mass is 10.2. The molecule has 2 aromatic rings. The Balaban J connectivity index is 1.53. The summed E-state index contributed by atoms with van der Waals surface area (Å²) in [6.45, 7) is 5.26. The Hall–Kier alpha value is -1.63. The van der Waals surface area contributed by atoms with Crippen LogP contribution in [0.25, 0.3) is 0 Å². The third kappa shape index (κ3) is 4.71. The van der Waals surface area contributed by atoms with Crippen LogP contribution < -0.4 is 10.2 Å². The maximum absolute atomic E-state index is 12.5. The number of aromatic nitrogens is 1. The number of rotatable bonds is 4. The number of nitrogens with one attached hydrogen (secondary N) is 1. The number of hydrogen-bond donors (Lipinski definition) is 1. The Morgan fingerprint density at radius 1 is 1.16 bits per heavy atom. The monoisotopic (exact) mass is 422 g/mol. The average molecular weight is 424 g/mol. The summed E-state index contributed by atoms with van der Waals surface area (Å²) >= 11 is 9.28. The van der Waals surface area contributed by atoms with Crippen LogP contribution in [0.3, 0.4) is 0 Å². The van der Waals surface area contributed by atoms with E-state index in [-0.39, 0.29) is 11.9 Å². The molecule has 1 saturated heterocycles. The fraction of sp³-hybridized carbons (Fsp3) is 0.333. The van der Waals surface area contributed by atoms with E-state index in [0.29, 0.717) is 5.02 Å². The molecule has 5 nitrogen and oxygen atoms in total. The van der Waals surface area contributed by atoms with Crippen LogP contribution in [-0.4, -0.2) is 48.0 Å². The van der Waals surface area contributed by atoms with E-state index in [4.69, 9.17) is 11.6 Å². The van der Waals surface area contributed by atoms with Gasteiger partial charge in [0.15, 0.2) is 0 Å². The molecule has 2 heterocycles. The number of halogens is 2. The number of anilines is 2. The first-order chi connectivity index (χ1) is 12.0. The molecule has 1 atom stereocenters. The highest BCUT2D eigenvalue weighted by molar-refractivity contribution is 9.10. The molecule has 1 N–H and O–H groups in total. The summed E-state index contributed by atoms with van der Waals surface area (Å²) in [4.78, 5) is 21.3. The van der Waals surface area contributed by atoms with E-state index < -0.39 is 0 Å². The fourth-order valence-corrected chi connectivity index (χ4v) is 3.22. The molecular weight excluding hydrogens is 404 g/mol. The van der Waals surface area contributed by atoms with E-state index in [2.05, 4.69) is 36.0 Å². The Morgan fingerprint density at radius 3 is 2.44 bits per heavy atom. The van der Waals surface area contributed by atoms with Crippen LogP contribution in [-0.2, 0) is 4.79 Å². The van der Waals surface area contributed by atoms with Gasteiger partial charge in [-0.15, -0.1) is 0 Å². The molecule has 1 amide bonds. The van der Waals surface area contributed by atoms with Crippen molar-refractivity contribution in [2.24, 2.45) is 0 Å². The molecule has 0 spiro atoms. The third-order valence-electron chi connectivity index (χ3n) is 4.39. The standard InChI is InChI=1S/C18H20BrClN4O/c1-13(18(25)22-16-5-2-14(19)3-6-16)23-8-10-24(11-9-23)17-7-4-15(20)12-21-17/h2-7,12-13H,8-11H2,1H3,(H,22,25). The number of nitrogens with zero attached hydrogens (tertiary/aromatic N) is 3. The molecule has 1 aliphatic heterocycles. The molecule has 0 saturated carbocycles. The highest BCUT2D eigenvalue weighted by Crippen LogP contribution is 2.18. The molecule has 0 aliphatic carbocycles. The molecule has 1 aliphatic rings. The van der Waals surface area contributed by atoms with Crippen molar-refractivity contribution >= 4 is 44.9 Å². The Kier molecular flexibility index (Phi) is 5.93. The minimum absolute atomic E-state index is 0.0143. The van der Waals surface area contributed by atoms with Crippen molar-refractivity contribution in [1.82, 2.24) is 9.88 Å². The largest absolute Gasteiger partial charge is 0.354 e. The van der Waals surface area contributed by atoms with Crippen LogP contribution in [0.15, 0.2) is 47.1 Å². The first-order valence-electron chi connectivity index (χ1n) is 8.20. The second kappa shape index (κ2) is 8.17. The average Bonchev–Trinajstić information content (AvgIpc) is 2.64. The molecule has 7 heteroatoms. The molecule has 132 valence electrons. The Morgan fingerprint density at radius 2 is 1.84 bits per heavy atom. The zero-order valence-electron chi connectivity index (χ0n) is 14.0. The molecule has 1 unspecified atom stereocenters. The number of benzene rings is 1. The van der Waals surface area contributed by atoms with Crippen LogP contribution in [0.5, 0.6) is 0 Å². The number of carbonyl (C=O) groups is 1. The highest BCUT2D eigenvalue weighted by atomic mass is 79.9. The van der Waals surface area contributed by atoms with Gasteiger partial charge in [-0.3, -0.25) is 9.69 Å². The Bertz CT molecular complexity index is 715. The lowest BCUT2D eigenvalue weighted by Gasteiger charge is -2.38. The van der Waals surface area contributed by atoms with Gasteiger partial charge in [0.25, 0.3) is 0 Å². The molecule has 0 bridgehead atoms. The fourth-order valence-electron chi connectivity index (χ4n) is 2.84. The predicted octanol–water partition coefficient (Wildman–Crippen LogP) is 3.65. The quantitative estimate of drug-likeness (QED) is 0.815. The molecule has 1 aromatic heterocycles. The van der Waals surface area contributed by atoms with E-state index >= 15 is 0 Å². The van der Waals surface area contributed by atoms with Gasteiger partial charge in [0.05, 0.1) is 11.1 Å². The minimum atomic E-state index is -0.177. The molecular formula is C18H20BrClN4O. The summed E-state index contributed by atoms with van der Waals surface area (Å²) in [5.74, 6) is 0.941. The van der Waals surface area contributed by atoms with Crippen molar-refractivity contribution in [3.8, 4) is 0 Å². The van der Waals surface area contributed by atoms with Gasteiger partial charge in [-0.25, -0.2) is 4.98 Å². The minimum Gasteiger partial charge on any atom is -0.354 e. The number of pyridine rings is 1. The molecule has 3 rings (SSSR count). The lowest BCUT2D eigenvalue weighted by Crippen LogP contribution is -2.53. The summed E-state index contributed by atoms with van der Waals surface area (Å²) < 4.78 is 0.991. The molecule has 1 aromatic carbocycles. The van der Waals surface area contributed by atoms with Gasteiger partial charge >= 0.3 is 0 Å². The van der Waals surface area contributed by atoms with Crippen LogP contribution in [0.2, 0.25) is 5.02 Å². The normalized spacial score (nSPS) is 16.5. The molecule has 25 heavy (non-hydrogen) atoms. The van der Waals surface area contributed by atoms with Gasteiger partial charge < -0.3 is 10.2 Å². The number of piperazine rings is 1. The van der Waals surface area contributed by atoms with Gasteiger partial charge in [0.1, 0.15) is 5.82 Å². The summed E-state index contributed by atoms with van der Waals surface area (Å²) in [6, 6.07) is 11.2. The van der Waals surface area contributed by atoms with Crippen molar-refractivity contribution in [2.75, 3.05) is 36.4 Å². The van der Waals surface area contributed by atoms with Crippen molar-refractivity contribution in [1.29, 1.82) is 0 Å². The third-order valence-corrected chi connectivity index (χ3v) is 5.14. The van der Waals surface area contributed by atoms with E-state index in [1.807, 2.05) is 43.3 Å². The van der Waals surface area contributed by atoms with Crippen LogP contribution in [0.1, 0.15) is 6.92 Å². The van der Waals surface area contributed by atoms with Crippen LogP contribution >= 0.6 is 27.5 Å². The zero-order valence-corrected chi connectivity index (χ0v) is 16.3. The van der Waals surface area contributed by atoms with Gasteiger partial charge in [-0.05, 0) is 43.3 Å². The number of carbonyl (C=O) groups excluding carboxylic acids is 1. The molecule has 0 radical (unpaired) electrons. The lowest BCUT2D eigenvalue weighted by molar-refractivity contribution is -0.120. The number of hydrogen-bond acceptors (Lipinski definition) is 4. The van der Waals surface area contributed by atoms with Crippen molar-refractivity contribution in [3.05, 3.63) is 52.1 Å². The summed E-state index contributed by atoms with van der Waals surface area (Å²) in [6.07, 6.45) is 1.66. The summed E-state index contributed by atoms with van der Waals surface area (Å²) in [5, 5.41) is 3.61. The summed E-state index contributed by atoms with van der Waals surface area (Å²) in [7, 11) is 0. The van der Waals surface area contributed by atoms with Gasteiger partial charge in [-0.2, -0.15) is 0 Å². The van der Waals surface area contributed by atoms with Crippen molar-refractivity contribution in [2.45, 2.75) is 13.0 Å². The van der Waals surface area contributed by atoms with Crippen molar-refractivity contribution in [3.63, 3.8) is 0 Å². The van der Waals surface area contributed by atoms with Crippen LogP contribution in [0, 0.1) is 0 Å². The van der Waals surface area contributed by atoms with Gasteiger partial charge in [-0.1, -0.05) is 27.5 Å². The van der Waals surface area contributed by atoms with Gasteiger partial charge in [0, 0.05) is 42.5 Å². The smallest absolute Gasteiger partial charge is 0.241 e. The second-order valence-corrected chi connectivity index (χ2v) is 7.38. The topological polar surface area (TPSA) is 48.5 Å². The maximum Gasteiger partial charge on any atom is 0.241 e. The maximum atomic E-state index is 12.5. The zero-order chi connectivity index (χ0) is 17.8. The predicted molar refractivity (Wildman–Crippen MR) is 105 cm³/mol. The first-order valence-corrected chi connectivity index (χ1v) is 9.37. The van der Waals surface area contributed by atoms with Gasteiger partial charge in [0.2, 0.25) is 5.91 Å². The van der Waals surface area contributed by atoms with E-state index in [0.717, 1.165) is 42.2 Å². The SMILES string of the molecule is CC(C(=O)Nc1ccc(Br)cc1)N1CCN(c2ccc(Cl)cn2)CC1. The van der Waals surface area contributed by atoms with E-state index in [9.17, 15) is 4.79 Å². The van der Waals surface area contributed by atoms with Crippen LogP contribution in [0.4, 0.5) is 11.5 Å². The number of amides is 1. The highest BCUT2D eigenvalue weighted by Gasteiger charge is 2.26. The van der Waals surface area contributed by atoms with E-state index in [1.54, 1.807) is 6.20 Å². The summed E-state index contributed by atoms with van der Waals surface area (Å²) in [5.41, 5.74) is 0.809. The first kappa shape index (κ1) is 18.2. The second-order valence-electron chi connectivity index (χ2n) is 6.03. The van der Waals surface area contributed by atoms with Crippen molar-refractivity contribution < 1.29 is 4.79 Å². The Labute approximate surface area is 161 Å².